The van der Waals surface area contributed by atoms with E-state index in [1.807, 2.05) is 15.5 Å². The summed E-state index contributed by atoms with van der Waals surface area (Å²) in [5, 5.41) is 14.2. The maximum Gasteiger partial charge on any atom is 0.490 e. The van der Waals surface area contributed by atoms with Gasteiger partial charge in [-0.15, -0.1) is 0 Å². The van der Waals surface area contributed by atoms with Crippen LogP contribution in [0.15, 0.2) is 30.3 Å². The smallest absolute Gasteiger partial charge is 0.475 e. The van der Waals surface area contributed by atoms with Crippen molar-refractivity contribution in [1.82, 2.24) is 14.5 Å². The van der Waals surface area contributed by atoms with Crippen molar-refractivity contribution in [3.63, 3.8) is 0 Å². The Labute approximate surface area is 241 Å². The van der Waals surface area contributed by atoms with Gasteiger partial charge in [0.05, 0.1) is 11.0 Å². The molecular weight excluding hydrogens is 619 g/mol. The molecule has 1 saturated heterocycles. The fourth-order valence-corrected chi connectivity index (χ4v) is 4.62. The van der Waals surface area contributed by atoms with Gasteiger partial charge in [0.15, 0.2) is 11.6 Å². The fraction of sp³-hybridized carbons (Fsp3) is 0.385. The highest BCUT2D eigenvalue weighted by Crippen LogP contribution is 2.34. The summed E-state index contributed by atoms with van der Waals surface area (Å²) in [6.45, 7) is 1.91. The lowest BCUT2D eigenvalue weighted by Crippen LogP contribution is -2.39. The second-order valence-corrected chi connectivity index (χ2v) is 9.71. The molecule has 240 valence electrons. The van der Waals surface area contributed by atoms with Crippen molar-refractivity contribution >= 4 is 28.9 Å². The van der Waals surface area contributed by atoms with Crippen molar-refractivity contribution in [2.24, 2.45) is 5.73 Å². The first-order valence-electron chi connectivity index (χ1n) is 12.6. The van der Waals surface area contributed by atoms with Crippen molar-refractivity contribution in [3.05, 3.63) is 64.7 Å². The van der Waals surface area contributed by atoms with E-state index >= 15 is 0 Å². The van der Waals surface area contributed by atoms with Crippen LogP contribution in [0.1, 0.15) is 40.5 Å². The third-order valence-electron chi connectivity index (χ3n) is 6.70. The van der Waals surface area contributed by atoms with Crippen LogP contribution in [0.3, 0.4) is 0 Å². The lowest BCUT2D eigenvalue weighted by atomic mass is 9.86. The molecular formula is C26H23F9N4O5. The van der Waals surface area contributed by atoms with Gasteiger partial charge in [-0.3, -0.25) is 4.79 Å². The van der Waals surface area contributed by atoms with Crippen LogP contribution in [-0.2, 0) is 22.6 Å². The highest BCUT2D eigenvalue weighted by atomic mass is 19.4. The minimum atomic E-state index is -5.08. The summed E-state index contributed by atoms with van der Waals surface area (Å²) < 4.78 is 107. The van der Waals surface area contributed by atoms with Crippen LogP contribution >= 0.6 is 0 Å². The van der Waals surface area contributed by atoms with E-state index in [0.29, 0.717) is 35.9 Å². The van der Waals surface area contributed by atoms with E-state index < -0.39 is 53.7 Å². The number of rotatable bonds is 2. The van der Waals surface area contributed by atoms with Crippen LogP contribution < -0.4 is 5.73 Å². The molecule has 18 heteroatoms. The number of aliphatic carboxylic acids is 2. The molecule has 2 atom stereocenters. The Morgan fingerprint density at radius 3 is 1.89 bits per heavy atom. The Morgan fingerprint density at radius 1 is 0.841 bits per heavy atom. The molecule has 1 aromatic heterocycles. The number of carboxylic acids is 2. The maximum atomic E-state index is 14.3. The van der Waals surface area contributed by atoms with Crippen molar-refractivity contribution in [2.45, 2.75) is 50.1 Å². The predicted octanol–water partition coefficient (Wildman–Crippen LogP) is 4.62. The van der Waals surface area contributed by atoms with Gasteiger partial charge in [0, 0.05) is 49.6 Å². The number of benzene rings is 2. The quantitative estimate of drug-likeness (QED) is 0.274. The minimum Gasteiger partial charge on any atom is -0.475 e. The van der Waals surface area contributed by atoms with Gasteiger partial charge in [-0.1, -0.05) is 0 Å². The number of fused-ring (bicyclic) bond motifs is 3. The van der Waals surface area contributed by atoms with Gasteiger partial charge in [-0.25, -0.2) is 27.7 Å². The number of carboxylic acid groups (broad SMARTS) is 2. The van der Waals surface area contributed by atoms with Gasteiger partial charge in [0.1, 0.15) is 11.6 Å². The van der Waals surface area contributed by atoms with Crippen LogP contribution in [0.2, 0.25) is 0 Å². The van der Waals surface area contributed by atoms with Gasteiger partial charge < -0.3 is 25.4 Å². The second kappa shape index (κ2) is 13.1. The number of alkyl halides is 6. The summed E-state index contributed by atoms with van der Waals surface area (Å²) in [5.41, 5.74) is 8.48. The largest absolute Gasteiger partial charge is 0.490 e. The SMILES string of the molecule is N[C@H]1Cn2c(nc3cc(C(=O)N4CCCC4)ccc32)C[C@@H]1c1cc(F)c(F)cc1F.O=C(O)C(F)(F)F.O=C(O)C(F)(F)F. The summed E-state index contributed by atoms with van der Waals surface area (Å²) in [6.07, 6.45) is -7.83. The average molecular weight is 642 g/mol. The molecule has 0 bridgehead atoms. The Bertz CT molecular complexity index is 1530. The topological polar surface area (TPSA) is 139 Å². The zero-order valence-electron chi connectivity index (χ0n) is 22.2. The van der Waals surface area contributed by atoms with Crippen LogP contribution in [-0.4, -0.2) is 74.0 Å². The molecule has 3 heterocycles. The second-order valence-electron chi connectivity index (χ2n) is 9.71. The standard InChI is InChI=1S/C22H21F3N4O.2C2HF3O2/c23-15-10-17(25)16(24)8-13(15)14-9-21-27-19-7-12(22(30)28-5-1-2-6-28)3-4-20(19)29(21)11-18(14)26;2*3-2(4,5)1(6)7/h3-4,7-8,10,14,18H,1-2,5-6,9,11,26H2;2*(H,6,7)/t14-,18+;;/m1../s1. The number of halogens is 9. The Hall–Kier alpha value is -4.35. The molecule has 44 heavy (non-hydrogen) atoms. The van der Waals surface area contributed by atoms with Gasteiger partial charge in [-0.2, -0.15) is 26.3 Å². The van der Waals surface area contributed by atoms with E-state index in [2.05, 4.69) is 4.98 Å². The lowest BCUT2D eigenvalue weighted by molar-refractivity contribution is -0.193. The zero-order valence-corrected chi connectivity index (χ0v) is 22.2. The van der Waals surface area contributed by atoms with Crippen molar-refractivity contribution in [2.75, 3.05) is 13.1 Å². The summed E-state index contributed by atoms with van der Waals surface area (Å²) >= 11 is 0. The molecule has 3 aromatic rings. The van der Waals surface area contributed by atoms with E-state index in [4.69, 9.17) is 25.5 Å². The van der Waals surface area contributed by atoms with Crippen molar-refractivity contribution in [1.29, 1.82) is 0 Å². The monoisotopic (exact) mass is 642 g/mol. The molecule has 0 spiro atoms. The molecule has 0 radical (unpaired) electrons. The van der Waals surface area contributed by atoms with Crippen LogP contribution in [0, 0.1) is 17.5 Å². The van der Waals surface area contributed by atoms with E-state index in [0.717, 1.165) is 37.5 Å². The number of nitrogens with two attached hydrogens (primary N) is 1. The van der Waals surface area contributed by atoms with E-state index in [9.17, 15) is 44.3 Å². The van der Waals surface area contributed by atoms with Gasteiger partial charge >= 0.3 is 24.3 Å². The molecule has 1 amide bonds. The highest BCUT2D eigenvalue weighted by Gasteiger charge is 2.39. The molecule has 1 fully saturated rings. The predicted molar refractivity (Wildman–Crippen MR) is 133 cm³/mol. The van der Waals surface area contributed by atoms with Crippen LogP contribution in [0.25, 0.3) is 11.0 Å². The van der Waals surface area contributed by atoms with E-state index in [1.54, 1.807) is 12.1 Å². The number of imidazole rings is 1. The van der Waals surface area contributed by atoms with Crippen molar-refractivity contribution in [3.8, 4) is 0 Å². The Balaban J connectivity index is 0.000000317. The van der Waals surface area contributed by atoms with Crippen LogP contribution in [0.4, 0.5) is 39.5 Å². The molecule has 2 aromatic carbocycles. The molecule has 0 saturated carbocycles. The number of carbonyl (C=O) groups excluding carboxylic acids is 1. The van der Waals surface area contributed by atoms with E-state index in [-0.39, 0.29) is 11.5 Å². The van der Waals surface area contributed by atoms with E-state index in [1.165, 1.54) is 0 Å². The third-order valence-corrected chi connectivity index (χ3v) is 6.70. The average Bonchev–Trinajstić information content (AvgIpc) is 3.57. The normalized spacial score (nSPS) is 18.1. The molecule has 2 aliphatic rings. The number of hydrogen-bond acceptors (Lipinski definition) is 5. The zero-order chi connectivity index (χ0) is 33.1. The fourth-order valence-electron chi connectivity index (χ4n) is 4.62. The molecule has 4 N–H and O–H groups in total. The first kappa shape index (κ1) is 34.1. The number of carbonyl (C=O) groups is 3. The molecule has 0 aliphatic carbocycles. The number of hydrogen-bond donors (Lipinski definition) is 3. The maximum absolute atomic E-state index is 14.3. The number of likely N-dealkylation sites (tertiary alicyclic amines) is 1. The van der Waals surface area contributed by atoms with Crippen LogP contribution in [0.5, 0.6) is 0 Å². The summed E-state index contributed by atoms with van der Waals surface area (Å²) in [5.74, 6) is -8.47. The summed E-state index contributed by atoms with van der Waals surface area (Å²) in [6, 6.07) is 6.40. The van der Waals surface area contributed by atoms with Gasteiger partial charge in [-0.05, 0) is 42.7 Å². The molecule has 5 rings (SSSR count). The Morgan fingerprint density at radius 2 is 1.36 bits per heavy atom. The highest BCUT2D eigenvalue weighted by molar-refractivity contribution is 5.97. The molecule has 2 aliphatic heterocycles. The summed E-state index contributed by atoms with van der Waals surface area (Å²) in [4.78, 5) is 37.0. The van der Waals surface area contributed by atoms with Gasteiger partial charge in [0.2, 0.25) is 0 Å². The van der Waals surface area contributed by atoms with Crippen molar-refractivity contribution < 1.29 is 64.1 Å². The first-order valence-corrected chi connectivity index (χ1v) is 12.6. The Kier molecular flexibility index (Phi) is 10.2. The summed E-state index contributed by atoms with van der Waals surface area (Å²) in [7, 11) is 0. The lowest BCUT2D eigenvalue weighted by Gasteiger charge is -2.30. The number of nitrogens with zero attached hydrogens (tertiary/aromatic N) is 3. The first-order chi connectivity index (χ1) is 20.3. The number of amides is 1. The molecule has 0 unspecified atom stereocenters. The minimum absolute atomic E-state index is 0.00110. The number of aromatic nitrogens is 2. The third kappa shape index (κ3) is 7.97. The van der Waals surface area contributed by atoms with Gasteiger partial charge in [0.25, 0.3) is 5.91 Å². The molecule has 9 nitrogen and oxygen atoms in total.